The SMILES string of the molecule is CCOC(=O)C1(CC)CCC(CC)=CO1. The van der Waals surface area contributed by atoms with Gasteiger partial charge in [0.25, 0.3) is 0 Å². The van der Waals surface area contributed by atoms with E-state index in [0.717, 1.165) is 19.3 Å². The number of carbonyl (C=O) groups is 1. The highest BCUT2D eigenvalue weighted by Crippen LogP contribution is 2.32. The highest BCUT2D eigenvalue weighted by atomic mass is 16.6. The topological polar surface area (TPSA) is 35.5 Å². The quantitative estimate of drug-likeness (QED) is 0.672. The molecule has 1 aliphatic rings. The number of esters is 1. The summed E-state index contributed by atoms with van der Waals surface area (Å²) in [7, 11) is 0. The third-order valence-electron chi connectivity index (χ3n) is 2.97. The van der Waals surface area contributed by atoms with Crippen molar-refractivity contribution in [3.8, 4) is 0 Å². The summed E-state index contributed by atoms with van der Waals surface area (Å²) in [6.07, 6.45) is 5.07. The summed E-state index contributed by atoms with van der Waals surface area (Å²) in [6.45, 7) is 6.28. The Morgan fingerprint density at radius 3 is 2.67 bits per heavy atom. The summed E-state index contributed by atoms with van der Waals surface area (Å²) in [6, 6.07) is 0. The average molecular weight is 212 g/mol. The molecule has 1 heterocycles. The Labute approximate surface area is 91.4 Å². The molecule has 1 aliphatic heterocycles. The molecule has 0 fully saturated rings. The summed E-state index contributed by atoms with van der Waals surface area (Å²) in [5.41, 5.74) is 0.540. The van der Waals surface area contributed by atoms with Gasteiger partial charge < -0.3 is 9.47 Å². The van der Waals surface area contributed by atoms with Gasteiger partial charge in [-0.1, -0.05) is 13.8 Å². The lowest BCUT2D eigenvalue weighted by molar-refractivity contribution is -0.168. The summed E-state index contributed by atoms with van der Waals surface area (Å²) in [5, 5.41) is 0. The molecular weight excluding hydrogens is 192 g/mol. The van der Waals surface area contributed by atoms with Crippen molar-refractivity contribution < 1.29 is 14.3 Å². The smallest absolute Gasteiger partial charge is 0.350 e. The first-order chi connectivity index (χ1) is 7.18. The van der Waals surface area contributed by atoms with Crippen molar-refractivity contribution in [3.63, 3.8) is 0 Å². The minimum atomic E-state index is -0.727. The Balaban J connectivity index is 2.72. The fraction of sp³-hybridized carbons (Fsp3) is 0.750. The van der Waals surface area contributed by atoms with Crippen LogP contribution in [0.1, 0.15) is 46.5 Å². The molecular formula is C12H20O3. The minimum Gasteiger partial charge on any atom is -0.483 e. The molecule has 0 aromatic carbocycles. The van der Waals surface area contributed by atoms with Crippen LogP contribution in [0.2, 0.25) is 0 Å². The van der Waals surface area contributed by atoms with Gasteiger partial charge in [0.15, 0.2) is 0 Å². The molecule has 0 radical (unpaired) electrons. The third kappa shape index (κ3) is 2.52. The molecule has 0 saturated heterocycles. The maximum absolute atomic E-state index is 11.8. The van der Waals surface area contributed by atoms with Crippen molar-refractivity contribution in [3.05, 3.63) is 11.8 Å². The Morgan fingerprint density at radius 1 is 1.53 bits per heavy atom. The van der Waals surface area contributed by atoms with Crippen LogP contribution in [0.5, 0.6) is 0 Å². The van der Waals surface area contributed by atoms with Crippen molar-refractivity contribution in [1.82, 2.24) is 0 Å². The summed E-state index contributed by atoms with van der Waals surface area (Å²) < 4.78 is 10.6. The molecule has 3 nitrogen and oxygen atoms in total. The Bertz CT molecular complexity index is 258. The molecule has 0 bridgehead atoms. The molecule has 0 saturated carbocycles. The maximum Gasteiger partial charge on any atom is 0.350 e. The second-order valence-electron chi connectivity index (χ2n) is 3.82. The number of ether oxygens (including phenoxy) is 2. The molecule has 0 aromatic heterocycles. The number of allylic oxidation sites excluding steroid dienone is 1. The van der Waals surface area contributed by atoms with E-state index in [-0.39, 0.29) is 5.97 Å². The number of hydrogen-bond donors (Lipinski definition) is 0. The zero-order valence-corrected chi connectivity index (χ0v) is 9.84. The van der Waals surface area contributed by atoms with Gasteiger partial charge in [0.1, 0.15) is 0 Å². The van der Waals surface area contributed by atoms with E-state index in [2.05, 4.69) is 6.92 Å². The summed E-state index contributed by atoms with van der Waals surface area (Å²) in [5.74, 6) is -0.223. The third-order valence-corrected chi connectivity index (χ3v) is 2.97. The number of hydrogen-bond acceptors (Lipinski definition) is 3. The Kier molecular flexibility index (Phi) is 4.18. The standard InChI is InChI=1S/C12H20O3/c1-4-10-7-8-12(5-2,15-9-10)11(13)14-6-3/h9H,4-8H2,1-3H3. The highest BCUT2D eigenvalue weighted by Gasteiger charge is 2.41. The van der Waals surface area contributed by atoms with Crippen LogP contribution in [0, 0.1) is 0 Å². The summed E-state index contributed by atoms with van der Waals surface area (Å²) in [4.78, 5) is 11.8. The molecule has 0 aromatic rings. The minimum absolute atomic E-state index is 0.223. The van der Waals surface area contributed by atoms with E-state index in [1.54, 1.807) is 6.26 Å². The first-order valence-corrected chi connectivity index (χ1v) is 5.71. The molecule has 1 unspecified atom stereocenters. The van der Waals surface area contributed by atoms with Crippen molar-refractivity contribution in [2.24, 2.45) is 0 Å². The van der Waals surface area contributed by atoms with E-state index < -0.39 is 5.60 Å². The molecule has 0 N–H and O–H groups in total. The lowest BCUT2D eigenvalue weighted by Crippen LogP contribution is -2.42. The fourth-order valence-electron chi connectivity index (χ4n) is 1.75. The average Bonchev–Trinajstić information content (AvgIpc) is 2.29. The van der Waals surface area contributed by atoms with Gasteiger partial charge in [0.05, 0.1) is 12.9 Å². The highest BCUT2D eigenvalue weighted by molar-refractivity contribution is 5.79. The largest absolute Gasteiger partial charge is 0.483 e. The molecule has 1 rings (SSSR count). The monoisotopic (exact) mass is 212 g/mol. The first kappa shape index (κ1) is 12.1. The Hall–Kier alpha value is -0.990. The van der Waals surface area contributed by atoms with E-state index in [0.29, 0.717) is 13.0 Å². The molecule has 1 atom stereocenters. The van der Waals surface area contributed by atoms with Crippen molar-refractivity contribution in [2.45, 2.75) is 52.1 Å². The van der Waals surface area contributed by atoms with Gasteiger partial charge >= 0.3 is 5.97 Å². The normalized spacial score (nSPS) is 25.4. The molecule has 15 heavy (non-hydrogen) atoms. The lowest BCUT2D eigenvalue weighted by atomic mass is 9.89. The van der Waals surface area contributed by atoms with Gasteiger partial charge in [-0.2, -0.15) is 0 Å². The van der Waals surface area contributed by atoms with Gasteiger partial charge in [-0.25, -0.2) is 4.79 Å². The van der Waals surface area contributed by atoms with Crippen LogP contribution in [0.25, 0.3) is 0 Å². The zero-order valence-electron chi connectivity index (χ0n) is 9.84. The fourth-order valence-corrected chi connectivity index (χ4v) is 1.75. The van der Waals surface area contributed by atoms with Gasteiger partial charge in [-0.05, 0) is 31.8 Å². The van der Waals surface area contributed by atoms with Crippen molar-refractivity contribution in [2.75, 3.05) is 6.61 Å². The van der Waals surface area contributed by atoms with Crippen LogP contribution in [0.3, 0.4) is 0 Å². The second-order valence-corrected chi connectivity index (χ2v) is 3.82. The van der Waals surface area contributed by atoms with E-state index in [9.17, 15) is 4.79 Å². The van der Waals surface area contributed by atoms with E-state index >= 15 is 0 Å². The summed E-state index contributed by atoms with van der Waals surface area (Å²) >= 11 is 0. The van der Waals surface area contributed by atoms with Crippen molar-refractivity contribution >= 4 is 5.97 Å². The number of rotatable bonds is 4. The van der Waals surface area contributed by atoms with Gasteiger partial charge in [0, 0.05) is 6.42 Å². The lowest BCUT2D eigenvalue weighted by Gasteiger charge is -2.33. The van der Waals surface area contributed by atoms with E-state index in [1.165, 1.54) is 5.57 Å². The zero-order chi connectivity index (χ0) is 11.3. The van der Waals surface area contributed by atoms with E-state index in [4.69, 9.17) is 9.47 Å². The molecule has 0 spiro atoms. The van der Waals surface area contributed by atoms with Gasteiger partial charge in [-0.15, -0.1) is 0 Å². The second kappa shape index (κ2) is 5.19. The van der Waals surface area contributed by atoms with Crippen LogP contribution in [0.15, 0.2) is 11.8 Å². The molecule has 3 heteroatoms. The maximum atomic E-state index is 11.8. The first-order valence-electron chi connectivity index (χ1n) is 5.71. The van der Waals surface area contributed by atoms with Crippen LogP contribution < -0.4 is 0 Å². The predicted molar refractivity (Wildman–Crippen MR) is 58.3 cm³/mol. The molecule has 86 valence electrons. The predicted octanol–water partition coefficient (Wildman–Crippen LogP) is 2.80. The van der Waals surface area contributed by atoms with E-state index in [1.807, 2.05) is 13.8 Å². The van der Waals surface area contributed by atoms with Crippen LogP contribution >= 0.6 is 0 Å². The Morgan fingerprint density at radius 2 is 2.27 bits per heavy atom. The van der Waals surface area contributed by atoms with Crippen molar-refractivity contribution in [1.29, 1.82) is 0 Å². The van der Waals surface area contributed by atoms with Crippen LogP contribution in [-0.4, -0.2) is 18.2 Å². The molecule has 0 amide bonds. The van der Waals surface area contributed by atoms with Gasteiger partial charge in [0.2, 0.25) is 5.60 Å². The van der Waals surface area contributed by atoms with Gasteiger partial charge in [-0.3, -0.25) is 0 Å². The molecule has 0 aliphatic carbocycles. The number of carbonyl (C=O) groups excluding carboxylic acids is 1. The van der Waals surface area contributed by atoms with Crippen LogP contribution in [0.4, 0.5) is 0 Å². The van der Waals surface area contributed by atoms with Crippen LogP contribution in [-0.2, 0) is 14.3 Å².